The SMILES string of the molecule is CCOc1ccccc1-c1noc(CSc2nnc(Cc3ccccc3)n2-c2ccc(C)cc2)n1. The number of aromatic nitrogens is 5. The van der Waals surface area contributed by atoms with Gasteiger partial charge in [-0.3, -0.25) is 4.57 Å². The van der Waals surface area contributed by atoms with Crippen LogP contribution in [0.15, 0.2) is 88.5 Å². The average molecular weight is 484 g/mol. The van der Waals surface area contributed by atoms with Gasteiger partial charge in [-0.15, -0.1) is 10.2 Å². The van der Waals surface area contributed by atoms with E-state index in [2.05, 4.69) is 68.2 Å². The Balaban J connectivity index is 1.40. The third-order valence-corrected chi connectivity index (χ3v) is 6.33. The molecule has 0 fully saturated rings. The van der Waals surface area contributed by atoms with Crippen LogP contribution in [-0.2, 0) is 12.2 Å². The molecule has 7 nitrogen and oxygen atoms in total. The largest absolute Gasteiger partial charge is 0.493 e. The molecule has 2 heterocycles. The maximum atomic E-state index is 5.71. The summed E-state index contributed by atoms with van der Waals surface area (Å²) in [6, 6.07) is 26.3. The first-order chi connectivity index (χ1) is 17.2. The van der Waals surface area contributed by atoms with E-state index in [-0.39, 0.29) is 0 Å². The number of nitrogens with zero attached hydrogens (tertiary/aromatic N) is 5. The smallest absolute Gasteiger partial charge is 0.237 e. The van der Waals surface area contributed by atoms with Crippen LogP contribution >= 0.6 is 11.8 Å². The van der Waals surface area contributed by atoms with Crippen molar-refractivity contribution in [2.45, 2.75) is 31.2 Å². The van der Waals surface area contributed by atoms with E-state index in [9.17, 15) is 0 Å². The molecule has 0 bridgehead atoms. The van der Waals surface area contributed by atoms with Gasteiger partial charge in [0, 0.05) is 12.1 Å². The Kier molecular flexibility index (Phi) is 6.90. The molecule has 0 unspecified atom stereocenters. The number of para-hydroxylation sites is 1. The van der Waals surface area contributed by atoms with E-state index in [0.29, 0.717) is 30.5 Å². The summed E-state index contributed by atoms with van der Waals surface area (Å²) in [4.78, 5) is 4.59. The molecule has 0 radical (unpaired) electrons. The summed E-state index contributed by atoms with van der Waals surface area (Å²) in [6.07, 6.45) is 0.682. The van der Waals surface area contributed by atoms with E-state index in [4.69, 9.17) is 9.26 Å². The zero-order chi connectivity index (χ0) is 24.0. The summed E-state index contributed by atoms with van der Waals surface area (Å²) in [6.45, 7) is 4.59. The highest BCUT2D eigenvalue weighted by atomic mass is 32.2. The van der Waals surface area contributed by atoms with Crippen LogP contribution in [0.25, 0.3) is 17.1 Å². The fraction of sp³-hybridized carbons (Fsp3) is 0.185. The van der Waals surface area contributed by atoms with Crippen molar-refractivity contribution in [2.75, 3.05) is 6.61 Å². The average Bonchev–Trinajstić information content (AvgIpc) is 3.52. The lowest BCUT2D eigenvalue weighted by Crippen LogP contribution is -2.04. The van der Waals surface area contributed by atoms with Crippen molar-refractivity contribution in [1.82, 2.24) is 24.9 Å². The highest BCUT2D eigenvalue weighted by molar-refractivity contribution is 7.98. The Morgan fingerprint density at radius 2 is 1.69 bits per heavy atom. The number of aryl methyl sites for hydroxylation is 1. The van der Waals surface area contributed by atoms with Crippen molar-refractivity contribution in [3.63, 3.8) is 0 Å². The Morgan fingerprint density at radius 3 is 2.49 bits per heavy atom. The van der Waals surface area contributed by atoms with E-state index in [0.717, 1.165) is 28.0 Å². The van der Waals surface area contributed by atoms with E-state index in [1.54, 1.807) is 0 Å². The molecule has 0 aliphatic carbocycles. The highest BCUT2D eigenvalue weighted by Gasteiger charge is 2.18. The third-order valence-electron chi connectivity index (χ3n) is 5.42. The Hall–Kier alpha value is -3.91. The highest BCUT2D eigenvalue weighted by Crippen LogP contribution is 2.30. The molecule has 5 aromatic rings. The molecular formula is C27H25N5O2S. The predicted molar refractivity (Wildman–Crippen MR) is 136 cm³/mol. The van der Waals surface area contributed by atoms with Gasteiger partial charge >= 0.3 is 0 Å². The third kappa shape index (κ3) is 5.27. The molecule has 0 amide bonds. The Morgan fingerprint density at radius 1 is 0.914 bits per heavy atom. The fourth-order valence-corrected chi connectivity index (χ4v) is 4.53. The molecule has 3 aromatic carbocycles. The second kappa shape index (κ2) is 10.6. The molecule has 35 heavy (non-hydrogen) atoms. The number of thioether (sulfide) groups is 1. The molecule has 0 saturated heterocycles. The molecule has 0 aliphatic rings. The van der Waals surface area contributed by atoms with E-state index < -0.39 is 0 Å². The van der Waals surface area contributed by atoms with Gasteiger partial charge < -0.3 is 9.26 Å². The van der Waals surface area contributed by atoms with Gasteiger partial charge in [0.1, 0.15) is 11.6 Å². The number of rotatable bonds is 9. The van der Waals surface area contributed by atoms with Crippen molar-refractivity contribution < 1.29 is 9.26 Å². The van der Waals surface area contributed by atoms with Gasteiger partial charge in [0.15, 0.2) is 5.16 Å². The van der Waals surface area contributed by atoms with Crippen molar-refractivity contribution in [1.29, 1.82) is 0 Å². The molecule has 0 atom stereocenters. The second-order valence-electron chi connectivity index (χ2n) is 7.96. The monoisotopic (exact) mass is 483 g/mol. The van der Waals surface area contributed by atoms with Gasteiger partial charge in [-0.2, -0.15) is 4.98 Å². The number of hydrogen-bond donors (Lipinski definition) is 0. The standard InChI is InChI=1S/C27H25N5O2S/c1-3-33-23-12-8-7-11-22(23)26-28-25(34-31-26)18-35-27-30-29-24(17-20-9-5-4-6-10-20)32(27)21-15-13-19(2)14-16-21/h4-16H,3,17-18H2,1-2H3. The Labute approximate surface area is 208 Å². The number of benzene rings is 3. The first-order valence-corrected chi connectivity index (χ1v) is 12.4. The zero-order valence-electron chi connectivity index (χ0n) is 19.6. The summed E-state index contributed by atoms with van der Waals surface area (Å²) in [7, 11) is 0. The molecule has 5 rings (SSSR count). The predicted octanol–water partition coefficient (Wildman–Crippen LogP) is 5.91. The number of ether oxygens (including phenoxy) is 1. The van der Waals surface area contributed by atoms with E-state index >= 15 is 0 Å². The van der Waals surface area contributed by atoms with Crippen LogP contribution in [0, 0.1) is 6.92 Å². The summed E-state index contributed by atoms with van der Waals surface area (Å²) in [5.41, 5.74) is 4.21. The Bertz CT molecular complexity index is 1400. The van der Waals surface area contributed by atoms with Crippen molar-refractivity contribution in [3.8, 4) is 22.8 Å². The van der Waals surface area contributed by atoms with Gasteiger partial charge in [-0.1, -0.05) is 77.1 Å². The first kappa shape index (κ1) is 22.9. The lowest BCUT2D eigenvalue weighted by Gasteiger charge is -2.10. The molecule has 0 N–H and O–H groups in total. The molecule has 2 aromatic heterocycles. The quantitative estimate of drug-likeness (QED) is 0.241. The van der Waals surface area contributed by atoms with Crippen LogP contribution in [0.4, 0.5) is 0 Å². The van der Waals surface area contributed by atoms with Gasteiger partial charge in [-0.05, 0) is 43.7 Å². The molecule has 0 spiro atoms. The van der Waals surface area contributed by atoms with Crippen molar-refractivity contribution >= 4 is 11.8 Å². The summed E-state index contributed by atoms with van der Waals surface area (Å²) >= 11 is 1.52. The van der Waals surface area contributed by atoms with Gasteiger partial charge in [0.25, 0.3) is 0 Å². The second-order valence-corrected chi connectivity index (χ2v) is 8.90. The number of hydrogen-bond acceptors (Lipinski definition) is 7. The maximum Gasteiger partial charge on any atom is 0.237 e. The zero-order valence-corrected chi connectivity index (χ0v) is 20.4. The minimum absolute atomic E-state index is 0.471. The van der Waals surface area contributed by atoms with Crippen LogP contribution in [0.1, 0.15) is 29.8 Å². The van der Waals surface area contributed by atoms with Crippen molar-refractivity contribution in [3.05, 3.63) is 102 Å². The maximum absolute atomic E-state index is 5.71. The van der Waals surface area contributed by atoms with Crippen LogP contribution in [0.2, 0.25) is 0 Å². The normalized spacial score (nSPS) is 11.0. The first-order valence-electron chi connectivity index (χ1n) is 11.4. The van der Waals surface area contributed by atoms with E-state index in [1.165, 1.54) is 22.9 Å². The minimum atomic E-state index is 0.471. The molecule has 0 saturated carbocycles. The van der Waals surface area contributed by atoms with Gasteiger partial charge in [0.05, 0.1) is 17.9 Å². The summed E-state index contributed by atoms with van der Waals surface area (Å²) in [5, 5.41) is 14.0. The van der Waals surface area contributed by atoms with Gasteiger partial charge in [0.2, 0.25) is 11.7 Å². The van der Waals surface area contributed by atoms with Crippen LogP contribution in [0.3, 0.4) is 0 Å². The topological polar surface area (TPSA) is 78.9 Å². The van der Waals surface area contributed by atoms with Gasteiger partial charge in [-0.25, -0.2) is 0 Å². The fourth-order valence-electron chi connectivity index (χ4n) is 3.72. The molecular weight excluding hydrogens is 458 g/mol. The lowest BCUT2D eigenvalue weighted by atomic mass is 10.1. The summed E-state index contributed by atoms with van der Waals surface area (Å²) < 4.78 is 13.3. The molecule has 0 aliphatic heterocycles. The molecule has 176 valence electrons. The van der Waals surface area contributed by atoms with Crippen LogP contribution in [0.5, 0.6) is 5.75 Å². The van der Waals surface area contributed by atoms with Crippen molar-refractivity contribution in [2.24, 2.45) is 0 Å². The lowest BCUT2D eigenvalue weighted by molar-refractivity contribution is 0.341. The van der Waals surface area contributed by atoms with E-state index in [1.807, 2.05) is 49.4 Å². The van der Waals surface area contributed by atoms with Crippen LogP contribution < -0.4 is 4.74 Å². The van der Waals surface area contributed by atoms with Crippen LogP contribution in [-0.4, -0.2) is 31.5 Å². The minimum Gasteiger partial charge on any atom is -0.493 e. The summed E-state index contributed by atoms with van der Waals surface area (Å²) in [5.74, 6) is 3.10. The molecule has 8 heteroatoms.